The highest BCUT2D eigenvalue weighted by Crippen LogP contribution is 2.30. The topological polar surface area (TPSA) is 44.9 Å². The van der Waals surface area contributed by atoms with Gasteiger partial charge in [0.2, 0.25) is 0 Å². The molecule has 0 aliphatic heterocycles. The van der Waals surface area contributed by atoms with Gasteiger partial charge in [0.1, 0.15) is 22.9 Å². The minimum Gasteiger partial charge on any atom is -0.494 e. The number of alkyl halides is 1. The molecule has 3 aromatic rings. The zero-order valence-electron chi connectivity index (χ0n) is 11.9. The molecule has 0 aliphatic rings. The lowest BCUT2D eigenvalue weighted by atomic mass is 10.2. The minimum atomic E-state index is -0.361. The van der Waals surface area contributed by atoms with E-state index in [1.54, 1.807) is 10.7 Å². The molecule has 0 spiro atoms. The predicted octanol–water partition coefficient (Wildman–Crippen LogP) is 2.95. The summed E-state index contributed by atoms with van der Waals surface area (Å²) in [4.78, 5) is 4.52. The predicted molar refractivity (Wildman–Crippen MR) is 78.6 cm³/mol. The first-order valence-electron chi connectivity index (χ1n) is 6.37. The third kappa shape index (κ3) is 2.06. The van der Waals surface area contributed by atoms with Crippen molar-refractivity contribution in [2.45, 2.75) is 12.8 Å². The molecule has 110 valence electrons. The fraction of sp³-hybridized carbons (Fsp3) is 0.286. The first kappa shape index (κ1) is 13.9. The van der Waals surface area contributed by atoms with Gasteiger partial charge in [0.05, 0.1) is 24.4 Å². The summed E-state index contributed by atoms with van der Waals surface area (Å²) in [6.45, 7) is 1.89. The quantitative estimate of drug-likeness (QED) is 0.699. The minimum absolute atomic E-state index is 0.231. The number of aryl methyl sites for hydroxylation is 2. The molecule has 5 nitrogen and oxygen atoms in total. The van der Waals surface area contributed by atoms with Gasteiger partial charge in [-0.15, -0.1) is 11.6 Å². The molecule has 0 saturated heterocycles. The van der Waals surface area contributed by atoms with E-state index in [1.165, 1.54) is 19.2 Å². The van der Waals surface area contributed by atoms with Gasteiger partial charge in [-0.3, -0.25) is 4.57 Å². The lowest BCUT2D eigenvalue weighted by Crippen LogP contribution is -2.06. The third-order valence-electron chi connectivity index (χ3n) is 3.37. The van der Waals surface area contributed by atoms with Crippen LogP contribution in [-0.4, -0.2) is 26.4 Å². The van der Waals surface area contributed by atoms with Crippen LogP contribution in [0.4, 0.5) is 4.39 Å². The summed E-state index contributed by atoms with van der Waals surface area (Å²) in [6, 6.07) is 4.36. The average molecular weight is 309 g/mol. The fourth-order valence-corrected chi connectivity index (χ4v) is 2.68. The van der Waals surface area contributed by atoms with E-state index in [0.29, 0.717) is 17.3 Å². The maximum absolute atomic E-state index is 13.4. The first-order valence-corrected chi connectivity index (χ1v) is 6.91. The Kier molecular flexibility index (Phi) is 3.33. The van der Waals surface area contributed by atoms with Crippen LogP contribution in [0.3, 0.4) is 0 Å². The van der Waals surface area contributed by atoms with Crippen LogP contribution in [0.2, 0.25) is 0 Å². The standard InChI is InChI=1S/C14H14ClFN4O/c1-8-13-14(19(2)18-8)20(12(7-15)17-13)10-5-4-9(16)6-11(10)21-3/h4-6H,7H2,1-3H3. The van der Waals surface area contributed by atoms with Crippen molar-refractivity contribution in [2.24, 2.45) is 7.05 Å². The Balaban J connectivity index is 2.38. The van der Waals surface area contributed by atoms with E-state index in [-0.39, 0.29) is 11.7 Å². The number of imidazole rings is 1. The van der Waals surface area contributed by atoms with E-state index in [0.717, 1.165) is 16.9 Å². The number of benzene rings is 1. The summed E-state index contributed by atoms with van der Waals surface area (Å²) in [5.74, 6) is 0.946. The largest absolute Gasteiger partial charge is 0.494 e. The Morgan fingerprint density at radius 3 is 2.81 bits per heavy atom. The van der Waals surface area contributed by atoms with Crippen LogP contribution in [0.5, 0.6) is 5.75 Å². The van der Waals surface area contributed by atoms with Gasteiger partial charge in [0, 0.05) is 13.1 Å². The molecular weight excluding hydrogens is 295 g/mol. The number of aromatic nitrogens is 4. The Bertz CT molecular complexity index is 824. The zero-order chi connectivity index (χ0) is 15.1. The highest BCUT2D eigenvalue weighted by molar-refractivity contribution is 6.17. The van der Waals surface area contributed by atoms with Gasteiger partial charge in [-0.2, -0.15) is 5.10 Å². The second kappa shape index (κ2) is 5.04. The van der Waals surface area contributed by atoms with Crippen molar-refractivity contribution in [3.05, 3.63) is 35.5 Å². The summed E-state index contributed by atoms with van der Waals surface area (Å²) in [6.07, 6.45) is 0. The first-order chi connectivity index (χ1) is 10.1. The average Bonchev–Trinajstić information content (AvgIpc) is 2.97. The van der Waals surface area contributed by atoms with Gasteiger partial charge in [-0.05, 0) is 19.1 Å². The highest BCUT2D eigenvalue weighted by atomic mass is 35.5. The second-order valence-electron chi connectivity index (χ2n) is 4.69. The number of methoxy groups -OCH3 is 1. The molecular formula is C14H14ClFN4O. The number of halogens is 2. The van der Waals surface area contributed by atoms with Gasteiger partial charge in [0.25, 0.3) is 0 Å². The number of fused-ring (bicyclic) bond motifs is 1. The maximum Gasteiger partial charge on any atom is 0.163 e. The molecule has 2 aromatic heterocycles. The highest BCUT2D eigenvalue weighted by Gasteiger charge is 2.20. The number of hydrogen-bond acceptors (Lipinski definition) is 3. The van der Waals surface area contributed by atoms with E-state index in [4.69, 9.17) is 16.3 Å². The van der Waals surface area contributed by atoms with Crippen LogP contribution in [0.1, 0.15) is 11.5 Å². The molecule has 0 atom stereocenters. The van der Waals surface area contributed by atoms with Crippen LogP contribution in [0, 0.1) is 12.7 Å². The van der Waals surface area contributed by atoms with Crippen molar-refractivity contribution in [2.75, 3.05) is 7.11 Å². The summed E-state index contributed by atoms with van der Waals surface area (Å²) >= 11 is 6.01. The number of hydrogen-bond donors (Lipinski definition) is 0. The zero-order valence-corrected chi connectivity index (χ0v) is 12.6. The van der Waals surface area contributed by atoms with E-state index in [9.17, 15) is 4.39 Å². The van der Waals surface area contributed by atoms with Crippen molar-refractivity contribution in [1.29, 1.82) is 0 Å². The summed E-state index contributed by atoms with van der Waals surface area (Å²) in [5.41, 5.74) is 3.08. The van der Waals surface area contributed by atoms with Gasteiger partial charge in [-0.25, -0.2) is 14.1 Å². The number of rotatable bonds is 3. The Morgan fingerprint density at radius 2 is 2.14 bits per heavy atom. The normalized spacial score (nSPS) is 11.3. The Morgan fingerprint density at radius 1 is 1.38 bits per heavy atom. The summed E-state index contributed by atoms with van der Waals surface area (Å²) < 4.78 is 22.3. The second-order valence-corrected chi connectivity index (χ2v) is 4.96. The monoisotopic (exact) mass is 308 g/mol. The SMILES string of the molecule is COc1cc(F)ccc1-n1c(CCl)nc2c(C)nn(C)c21. The molecule has 0 unspecified atom stereocenters. The number of ether oxygens (including phenoxy) is 1. The molecule has 3 rings (SSSR count). The molecule has 0 radical (unpaired) electrons. The molecule has 0 fully saturated rings. The summed E-state index contributed by atoms with van der Waals surface area (Å²) in [7, 11) is 3.34. The van der Waals surface area contributed by atoms with Gasteiger partial charge >= 0.3 is 0 Å². The van der Waals surface area contributed by atoms with Crippen LogP contribution in [0.15, 0.2) is 18.2 Å². The van der Waals surface area contributed by atoms with Gasteiger partial charge in [0.15, 0.2) is 5.65 Å². The van der Waals surface area contributed by atoms with Crippen molar-refractivity contribution in [3.63, 3.8) is 0 Å². The molecule has 0 N–H and O–H groups in total. The maximum atomic E-state index is 13.4. The van der Waals surface area contributed by atoms with Crippen molar-refractivity contribution in [1.82, 2.24) is 19.3 Å². The smallest absolute Gasteiger partial charge is 0.163 e. The lowest BCUT2D eigenvalue weighted by molar-refractivity contribution is 0.409. The molecule has 0 bridgehead atoms. The van der Waals surface area contributed by atoms with Gasteiger partial charge in [-0.1, -0.05) is 0 Å². The Labute approximate surface area is 125 Å². The van der Waals surface area contributed by atoms with E-state index in [2.05, 4.69) is 10.1 Å². The van der Waals surface area contributed by atoms with Crippen molar-refractivity contribution in [3.8, 4) is 11.4 Å². The van der Waals surface area contributed by atoms with E-state index in [1.807, 2.05) is 18.5 Å². The van der Waals surface area contributed by atoms with Crippen molar-refractivity contribution >= 4 is 22.8 Å². The molecule has 1 aromatic carbocycles. The lowest BCUT2D eigenvalue weighted by Gasteiger charge is -2.12. The molecule has 7 heteroatoms. The Hall–Kier alpha value is -2.08. The van der Waals surface area contributed by atoms with Crippen LogP contribution < -0.4 is 4.74 Å². The fourth-order valence-electron chi connectivity index (χ4n) is 2.50. The summed E-state index contributed by atoms with van der Waals surface area (Å²) in [5, 5.41) is 4.36. The van der Waals surface area contributed by atoms with Crippen LogP contribution in [-0.2, 0) is 12.9 Å². The number of nitrogens with zero attached hydrogens (tertiary/aromatic N) is 4. The molecule has 0 aliphatic carbocycles. The van der Waals surface area contributed by atoms with Crippen molar-refractivity contribution < 1.29 is 9.13 Å². The molecule has 2 heterocycles. The van der Waals surface area contributed by atoms with E-state index >= 15 is 0 Å². The van der Waals surface area contributed by atoms with Crippen LogP contribution >= 0.6 is 11.6 Å². The molecule has 0 saturated carbocycles. The molecule has 0 amide bonds. The molecule has 21 heavy (non-hydrogen) atoms. The van der Waals surface area contributed by atoms with E-state index < -0.39 is 0 Å². The van der Waals surface area contributed by atoms with Gasteiger partial charge < -0.3 is 4.74 Å². The van der Waals surface area contributed by atoms with Crippen LogP contribution in [0.25, 0.3) is 16.9 Å². The third-order valence-corrected chi connectivity index (χ3v) is 3.61.